The smallest absolute Gasteiger partial charge is 0.137 e. The van der Waals surface area contributed by atoms with E-state index in [-0.39, 0.29) is 0 Å². The summed E-state index contributed by atoms with van der Waals surface area (Å²) in [5, 5.41) is 1.16. The molecule has 1 fully saturated rings. The molecule has 146 valence electrons. The van der Waals surface area contributed by atoms with E-state index in [1.807, 2.05) is 24.5 Å². The number of hydrogen-bond acceptors (Lipinski definition) is 5. The standard InChI is InChI=1S/C23H22N4O2/c1-28-20-11-19(14-24-15-20)16-2-3-21-18(10-16)12-22(26-21)17-4-5-25-23(13-17)27-6-8-29-9-7-27/h2-5,10-15,26H,6-9H2,1H3. The number of morpholine rings is 1. The Morgan fingerprint density at radius 3 is 2.72 bits per heavy atom. The summed E-state index contributed by atoms with van der Waals surface area (Å²) in [6, 6.07) is 14.8. The number of anilines is 1. The molecule has 1 N–H and O–H groups in total. The number of methoxy groups -OCH3 is 1. The van der Waals surface area contributed by atoms with E-state index in [2.05, 4.69) is 50.2 Å². The summed E-state index contributed by atoms with van der Waals surface area (Å²) in [7, 11) is 1.66. The molecule has 6 heteroatoms. The van der Waals surface area contributed by atoms with E-state index >= 15 is 0 Å². The van der Waals surface area contributed by atoms with Crippen molar-refractivity contribution in [1.82, 2.24) is 15.0 Å². The minimum atomic E-state index is 0.750. The van der Waals surface area contributed by atoms with Crippen LogP contribution in [-0.4, -0.2) is 48.4 Å². The zero-order valence-corrected chi connectivity index (χ0v) is 16.3. The molecule has 0 aliphatic carbocycles. The second-order valence-corrected chi connectivity index (χ2v) is 7.10. The molecule has 0 spiro atoms. The van der Waals surface area contributed by atoms with Gasteiger partial charge in [-0.15, -0.1) is 0 Å². The fraction of sp³-hybridized carbons (Fsp3) is 0.217. The minimum Gasteiger partial charge on any atom is -0.495 e. The fourth-order valence-electron chi connectivity index (χ4n) is 3.71. The van der Waals surface area contributed by atoms with Gasteiger partial charge in [-0.1, -0.05) is 6.07 Å². The van der Waals surface area contributed by atoms with E-state index in [0.29, 0.717) is 0 Å². The van der Waals surface area contributed by atoms with E-state index in [1.165, 1.54) is 0 Å². The Labute approximate surface area is 169 Å². The van der Waals surface area contributed by atoms with Crippen molar-refractivity contribution in [1.29, 1.82) is 0 Å². The van der Waals surface area contributed by atoms with E-state index in [0.717, 1.165) is 71.2 Å². The van der Waals surface area contributed by atoms with Gasteiger partial charge in [0.25, 0.3) is 0 Å². The summed E-state index contributed by atoms with van der Waals surface area (Å²) in [6.45, 7) is 3.25. The van der Waals surface area contributed by atoms with Gasteiger partial charge < -0.3 is 19.4 Å². The lowest BCUT2D eigenvalue weighted by Gasteiger charge is -2.27. The molecule has 0 unspecified atom stereocenters. The summed E-state index contributed by atoms with van der Waals surface area (Å²) in [4.78, 5) is 14.6. The van der Waals surface area contributed by atoms with Gasteiger partial charge in [-0.3, -0.25) is 4.98 Å². The fourth-order valence-corrected chi connectivity index (χ4v) is 3.71. The second-order valence-electron chi connectivity index (χ2n) is 7.10. The Hall–Kier alpha value is -3.38. The molecule has 1 aromatic carbocycles. The first-order valence-electron chi connectivity index (χ1n) is 9.71. The number of benzene rings is 1. The molecule has 0 radical (unpaired) electrons. The first kappa shape index (κ1) is 17.7. The molecule has 0 saturated carbocycles. The maximum absolute atomic E-state index is 5.45. The summed E-state index contributed by atoms with van der Waals surface area (Å²) in [5.74, 6) is 1.75. The molecular weight excluding hydrogens is 364 g/mol. The lowest BCUT2D eigenvalue weighted by atomic mass is 10.1. The summed E-state index contributed by atoms with van der Waals surface area (Å²) < 4.78 is 10.8. The minimum absolute atomic E-state index is 0.750. The molecule has 6 nitrogen and oxygen atoms in total. The van der Waals surface area contributed by atoms with Gasteiger partial charge in [-0.05, 0) is 42.0 Å². The van der Waals surface area contributed by atoms with Gasteiger partial charge in [0.2, 0.25) is 0 Å². The molecular formula is C23H22N4O2. The normalized spacial score (nSPS) is 14.3. The number of nitrogens with zero attached hydrogens (tertiary/aromatic N) is 3. The van der Waals surface area contributed by atoms with E-state index in [4.69, 9.17) is 9.47 Å². The topological polar surface area (TPSA) is 63.3 Å². The molecule has 4 heterocycles. The first-order valence-corrected chi connectivity index (χ1v) is 9.71. The highest BCUT2D eigenvalue weighted by atomic mass is 16.5. The number of rotatable bonds is 4. The zero-order valence-electron chi connectivity index (χ0n) is 16.3. The van der Waals surface area contributed by atoms with E-state index < -0.39 is 0 Å². The largest absolute Gasteiger partial charge is 0.495 e. The van der Waals surface area contributed by atoms with Crippen molar-refractivity contribution in [3.8, 4) is 28.1 Å². The van der Waals surface area contributed by atoms with Crippen LogP contribution in [0.15, 0.2) is 61.1 Å². The second kappa shape index (κ2) is 7.56. The van der Waals surface area contributed by atoms with E-state index in [1.54, 1.807) is 13.3 Å². The number of aromatic nitrogens is 3. The van der Waals surface area contributed by atoms with Crippen molar-refractivity contribution >= 4 is 16.7 Å². The number of nitrogens with one attached hydrogen (secondary N) is 1. The van der Waals surface area contributed by atoms with E-state index in [9.17, 15) is 0 Å². The van der Waals surface area contributed by atoms with Crippen LogP contribution in [0.3, 0.4) is 0 Å². The lowest BCUT2D eigenvalue weighted by molar-refractivity contribution is 0.122. The zero-order chi connectivity index (χ0) is 19.6. The van der Waals surface area contributed by atoms with Gasteiger partial charge >= 0.3 is 0 Å². The molecule has 4 aromatic rings. The number of fused-ring (bicyclic) bond motifs is 1. The van der Waals surface area contributed by atoms with Crippen LogP contribution in [0.2, 0.25) is 0 Å². The van der Waals surface area contributed by atoms with Gasteiger partial charge in [-0.25, -0.2) is 4.98 Å². The molecule has 0 bridgehead atoms. The van der Waals surface area contributed by atoms with Crippen molar-refractivity contribution in [2.45, 2.75) is 0 Å². The molecule has 1 saturated heterocycles. The Morgan fingerprint density at radius 2 is 1.86 bits per heavy atom. The van der Waals surface area contributed by atoms with Gasteiger partial charge in [-0.2, -0.15) is 0 Å². The highest BCUT2D eigenvalue weighted by molar-refractivity contribution is 5.89. The highest BCUT2D eigenvalue weighted by Gasteiger charge is 2.14. The van der Waals surface area contributed by atoms with Crippen LogP contribution in [0.1, 0.15) is 0 Å². The maximum atomic E-state index is 5.45. The number of aromatic amines is 1. The molecule has 3 aromatic heterocycles. The third-order valence-electron chi connectivity index (χ3n) is 5.29. The summed E-state index contributed by atoms with van der Waals surface area (Å²) in [6.07, 6.45) is 5.44. The predicted octanol–water partition coefficient (Wildman–Crippen LogP) is 4.14. The van der Waals surface area contributed by atoms with Crippen molar-refractivity contribution in [2.24, 2.45) is 0 Å². The van der Waals surface area contributed by atoms with Gasteiger partial charge in [0.15, 0.2) is 0 Å². The van der Waals surface area contributed by atoms with Crippen LogP contribution in [-0.2, 0) is 4.74 Å². The molecule has 0 atom stereocenters. The average Bonchev–Trinajstić information content (AvgIpc) is 3.23. The van der Waals surface area contributed by atoms with Crippen LogP contribution >= 0.6 is 0 Å². The van der Waals surface area contributed by atoms with Gasteiger partial charge in [0.05, 0.1) is 26.5 Å². The Kier molecular flexibility index (Phi) is 4.62. The van der Waals surface area contributed by atoms with Crippen molar-refractivity contribution in [2.75, 3.05) is 38.3 Å². The highest BCUT2D eigenvalue weighted by Crippen LogP contribution is 2.30. The monoisotopic (exact) mass is 386 g/mol. The van der Waals surface area contributed by atoms with Crippen LogP contribution in [0.4, 0.5) is 5.82 Å². The Morgan fingerprint density at radius 1 is 0.966 bits per heavy atom. The first-order chi connectivity index (χ1) is 14.3. The molecule has 0 amide bonds. The Balaban J connectivity index is 1.48. The number of pyridine rings is 2. The molecule has 29 heavy (non-hydrogen) atoms. The number of ether oxygens (including phenoxy) is 2. The van der Waals surface area contributed by atoms with Gasteiger partial charge in [0, 0.05) is 53.2 Å². The van der Waals surface area contributed by atoms with Crippen molar-refractivity contribution in [3.63, 3.8) is 0 Å². The van der Waals surface area contributed by atoms with Crippen molar-refractivity contribution < 1.29 is 9.47 Å². The van der Waals surface area contributed by atoms with Crippen LogP contribution < -0.4 is 9.64 Å². The molecule has 1 aliphatic rings. The van der Waals surface area contributed by atoms with Crippen LogP contribution in [0.25, 0.3) is 33.3 Å². The number of hydrogen-bond donors (Lipinski definition) is 1. The average molecular weight is 386 g/mol. The SMILES string of the molecule is COc1cncc(-c2ccc3[nH]c(-c4ccnc(N5CCOCC5)c4)cc3c2)c1. The quantitative estimate of drug-likeness (QED) is 0.571. The maximum Gasteiger partial charge on any atom is 0.137 e. The third-order valence-corrected chi connectivity index (χ3v) is 5.29. The molecule has 5 rings (SSSR count). The predicted molar refractivity (Wildman–Crippen MR) is 114 cm³/mol. The lowest BCUT2D eigenvalue weighted by Crippen LogP contribution is -2.36. The summed E-state index contributed by atoms with van der Waals surface area (Å²) >= 11 is 0. The Bertz CT molecular complexity index is 1150. The third kappa shape index (κ3) is 3.54. The van der Waals surface area contributed by atoms with Crippen LogP contribution in [0.5, 0.6) is 5.75 Å². The molecule has 1 aliphatic heterocycles. The van der Waals surface area contributed by atoms with Gasteiger partial charge in [0.1, 0.15) is 11.6 Å². The van der Waals surface area contributed by atoms with Crippen molar-refractivity contribution in [3.05, 3.63) is 61.1 Å². The number of H-pyrrole nitrogens is 1. The van der Waals surface area contributed by atoms with Crippen LogP contribution in [0, 0.1) is 0 Å². The summed E-state index contributed by atoms with van der Waals surface area (Å²) in [5.41, 5.74) is 5.45.